The largest absolute Gasteiger partial charge is 0.452 e. The highest BCUT2D eigenvalue weighted by molar-refractivity contribution is 5.68. The quantitative estimate of drug-likeness (QED) is 0.639. The minimum Gasteiger partial charge on any atom is -0.441 e. The summed E-state index contributed by atoms with van der Waals surface area (Å²) in [5.41, 5.74) is 4.72. The van der Waals surface area contributed by atoms with Crippen LogP contribution in [0.4, 0.5) is 10.6 Å². The first kappa shape index (κ1) is 9.50. The van der Waals surface area contributed by atoms with E-state index in [4.69, 9.17) is 10.5 Å². The van der Waals surface area contributed by atoms with Gasteiger partial charge >= 0.3 is 6.09 Å². The SMILES string of the molecule is CC(C)(C)OC(=O)n1ncc(N)n1. The molecular formula is C7H12N4O2. The maximum atomic E-state index is 11.2. The third-order valence-corrected chi connectivity index (χ3v) is 1.07. The average Bonchev–Trinajstić information content (AvgIpc) is 2.31. The van der Waals surface area contributed by atoms with E-state index in [1.807, 2.05) is 0 Å². The number of aromatic nitrogens is 3. The number of carbonyl (C=O) groups is 1. The second-order valence-electron chi connectivity index (χ2n) is 3.54. The second-order valence-corrected chi connectivity index (χ2v) is 3.54. The van der Waals surface area contributed by atoms with Crippen LogP contribution < -0.4 is 5.73 Å². The molecule has 6 heteroatoms. The van der Waals surface area contributed by atoms with Crippen molar-refractivity contribution in [1.82, 2.24) is 15.0 Å². The number of hydrogen-bond acceptors (Lipinski definition) is 5. The Morgan fingerprint density at radius 2 is 2.23 bits per heavy atom. The summed E-state index contributed by atoms with van der Waals surface area (Å²) in [7, 11) is 0. The van der Waals surface area contributed by atoms with Gasteiger partial charge in [-0.1, -0.05) is 4.80 Å². The van der Waals surface area contributed by atoms with Gasteiger partial charge in [-0.05, 0) is 20.8 Å². The molecule has 72 valence electrons. The van der Waals surface area contributed by atoms with Crippen molar-refractivity contribution < 1.29 is 9.53 Å². The fourth-order valence-electron chi connectivity index (χ4n) is 0.666. The molecule has 1 heterocycles. The van der Waals surface area contributed by atoms with Gasteiger partial charge in [0.25, 0.3) is 0 Å². The van der Waals surface area contributed by atoms with Crippen LogP contribution in [0.5, 0.6) is 0 Å². The predicted octanol–water partition coefficient (Wildman–Crippen LogP) is 0.644. The molecule has 0 amide bonds. The molecule has 0 aromatic carbocycles. The van der Waals surface area contributed by atoms with Crippen LogP contribution >= 0.6 is 0 Å². The zero-order valence-electron chi connectivity index (χ0n) is 7.81. The maximum absolute atomic E-state index is 11.2. The molecule has 1 rings (SSSR count). The van der Waals surface area contributed by atoms with Gasteiger partial charge in [0, 0.05) is 0 Å². The number of nitrogens with two attached hydrogens (primary N) is 1. The van der Waals surface area contributed by atoms with E-state index in [2.05, 4.69) is 10.2 Å². The summed E-state index contributed by atoms with van der Waals surface area (Å²) in [4.78, 5) is 12.1. The number of nitrogens with zero attached hydrogens (tertiary/aromatic N) is 3. The Balaban J connectivity index is 2.70. The third kappa shape index (κ3) is 2.73. The lowest BCUT2D eigenvalue weighted by Gasteiger charge is -2.18. The van der Waals surface area contributed by atoms with Crippen molar-refractivity contribution in [1.29, 1.82) is 0 Å². The Labute approximate surface area is 75.7 Å². The summed E-state index contributed by atoms with van der Waals surface area (Å²) < 4.78 is 4.98. The fraction of sp³-hybridized carbons (Fsp3) is 0.571. The molecule has 0 saturated carbocycles. The van der Waals surface area contributed by atoms with E-state index in [-0.39, 0.29) is 5.82 Å². The topological polar surface area (TPSA) is 83.0 Å². The number of carbonyl (C=O) groups excluding carboxylic acids is 1. The first-order valence-corrected chi connectivity index (χ1v) is 3.80. The Morgan fingerprint density at radius 3 is 2.62 bits per heavy atom. The molecule has 0 aliphatic carbocycles. The summed E-state index contributed by atoms with van der Waals surface area (Å²) in [5.74, 6) is 0.186. The van der Waals surface area contributed by atoms with Gasteiger partial charge < -0.3 is 10.5 Å². The summed E-state index contributed by atoms with van der Waals surface area (Å²) in [6.45, 7) is 5.28. The normalized spacial score (nSPS) is 11.3. The van der Waals surface area contributed by atoms with Crippen LogP contribution in [0.25, 0.3) is 0 Å². The Morgan fingerprint density at radius 1 is 1.62 bits per heavy atom. The number of nitrogen functional groups attached to an aromatic ring is 1. The average molecular weight is 184 g/mol. The molecule has 0 saturated heterocycles. The minimum atomic E-state index is -0.635. The molecule has 0 aliphatic heterocycles. The molecule has 1 aromatic heterocycles. The van der Waals surface area contributed by atoms with E-state index in [0.29, 0.717) is 0 Å². The third-order valence-electron chi connectivity index (χ3n) is 1.07. The standard InChI is InChI=1S/C7H12N4O2/c1-7(2,3)13-6(12)11-9-4-5(8)10-11/h4H,1-3H3,(H2,8,10). The van der Waals surface area contributed by atoms with Crippen molar-refractivity contribution in [2.45, 2.75) is 26.4 Å². The molecule has 0 aliphatic rings. The lowest BCUT2D eigenvalue weighted by atomic mass is 10.2. The first-order chi connectivity index (χ1) is 5.88. The predicted molar refractivity (Wildman–Crippen MR) is 46.1 cm³/mol. The molecule has 0 spiro atoms. The van der Waals surface area contributed by atoms with E-state index in [9.17, 15) is 4.79 Å². The Kier molecular flexibility index (Phi) is 2.22. The van der Waals surface area contributed by atoms with E-state index < -0.39 is 11.7 Å². The van der Waals surface area contributed by atoms with E-state index in [1.54, 1.807) is 20.8 Å². The summed E-state index contributed by atoms with van der Waals surface area (Å²) in [6, 6.07) is 0. The lowest BCUT2D eigenvalue weighted by Crippen LogP contribution is -2.28. The number of anilines is 1. The van der Waals surface area contributed by atoms with Crippen molar-refractivity contribution >= 4 is 11.9 Å². The van der Waals surface area contributed by atoms with Crippen molar-refractivity contribution in [2.75, 3.05) is 5.73 Å². The molecular weight excluding hydrogens is 172 g/mol. The highest BCUT2D eigenvalue weighted by Crippen LogP contribution is 2.07. The monoisotopic (exact) mass is 184 g/mol. The highest BCUT2D eigenvalue weighted by Gasteiger charge is 2.18. The van der Waals surface area contributed by atoms with E-state index >= 15 is 0 Å². The zero-order chi connectivity index (χ0) is 10.1. The summed E-state index contributed by atoms with van der Waals surface area (Å²) in [5, 5.41) is 7.21. The highest BCUT2D eigenvalue weighted by atomic mass is 16.6. The number of ether oxygens (including phenoxy) is 1. The van der Waals surface area contributed by atoms with Crippen LogP contribution in [0.2, 0.25) is 0 Å². The fourth-order valence-corrected chi connectivity index (χ4v) is 0.666. The molecule has 13 heavy (non-hydrogen) atoms. The minimum absolute atomic E-state index is 0.186. The number of hydrogen-bond donors (Lipinski definition) is 1. The molecule has 1 aromatic rings. The molecule has 0 radical (unpaired) electrons. The smallest absolute Gasteiger partial charge is 0.441 e. The summed E-state index contributed by atoms with van der Waals surface area (Å²) >= 11 is 0. The molecule has 6 nitrogen and oxygen atoms in total. The van der Waals surface area contributed by atoms with Crippen LogP contribution in [0.3, 0.4) is 0 Å². The molecule has 0 unspecified atom stereocenters. The molecule has 2 N–H and O–H groups in total. The van der Waals surface area contributed by atoms with Crippen LogP contribution in [0, 0.1) is 0 Å². The van der Waals surface area contributed by atoms with Crippen molar-refractivity contribution in [2.24, 2.45) is 0 Å². The molecule has 0 atom stereocenters. The van der Waals surface area contributed by atoms with Crippen molar-refractivity contribution in [3.63, 3.8) is 0 Å². The first-order valence-electron chi connectivity index (χ1n) is 3.80. The number of rotatable bonds is 0. The van der Waals surface area contributed by atoms with Gasteiger partial charge in [-0.2, -0.15) is 0 Å². The van der Waals surface area contributed by atoms with Crippen molar-refractivity contribution in [3.8, 4) is 0 Å². The molecule has 0 fully saturated rings. The van der Waals surface area contributed by atoms with Gasteiger partial charge in [-0.25, -0.2) is 4.79 Å². The van der Waals surface area contributed by atoms with Crippen LogP contribution in [0.15, 0.2) is 6.20 Å². The van der Waals surface area contributed by atoms with E-state index in [0.717, 1.165) is 4.80 Å². The molecule has 0 bridgehead atoms. The maximum Gasteiger partial charge on any atom is 0.452 e. The van der Waals surface area contributed by atoms with Gasteiger partial charge in [0.15, 0.2) is 5.82 Å². The van der Waals surface area contributed by atoms with Gasteiger partial charge in [0.2, 0.25) is 0 Å². The second kappa shape index (κ2) is 3.04. The van der Waals surface area contributed by atoms with Crippen molar-refractivity contribution in [3.05, 3.63) is 6.20 Å². The van der Waals surface area contributed by atoms with E-state index in [1.165, 1.54) is 6.20 Å². The summed E-state index contributed by atoms with van der Waals surface area (Å²) in [6.07, 6.45) is 0.647. The zero-order valence-corrected chi connectivity index (χ0v) is 7.81. The van der Waals surface area contributed by atoms with Gasteiger partial charge in [0.05, 0.1) is 6.20 Å². The Hall–Kier alpha value is -1.59. The van der Waals surface area contributed by atoms with Crippen LogP contribution in [-0.4, -0.2) is 26.7 Å². The Bertz CT molecular complexity index is 313. The van der Waals surface area contributed by atoms with Crippen LogP contribution in [-0.2, 0) is 4.74 Å². The lowest BCUT2D eigenvalue weighted by molar-refractivity contribution is 0.0489. The van der Waals surface area contributed by atoms with Gasteiger partial charge in [-0.15, -0.1) is 10.2 Å². The van der Waals surface area contributed by atoms with Gasteiger partial charge in [0.1, 0.15) is 5.60 Å². The van der Waals surface area contributed by atoms with Crippen LogP contribution in [0.1, 0.15) is 20.8 Å². The van der Waals surface area contributed by atoms with Gasteiger partial charge in [-0.3, -0.25) is 0 Å².